The van der Waals surface area contributed by atoms with Gasteiger partial charge in [-0.1, -0.05) is 51.9 Å². The van der Waals surface area contributed by atoms with Gasteiger partial charge in [0.25, 0.3) is 0 Å². The van der Waals surface area contributed by atoms with Crippen molar-refractivity contribution < 1.29 is 37.0 Å². The van der Waals surface area contributed by atoms with Crippen molar-refractivity contribution in [3.05, 3.63) is 22.8 Å². The topological polar surface area (TPSA) is 69.2 Å². The molecular formula is C15H26O3Ti. The molecular weight excluding hydrogens is 276 g/mol. The van der Waals surface area contributed by atoms with Crippen LogP contribution in [0.1, 0.15) is 46.0 Å². The third-order valence-corrected chi connectivity index (χ3v) is 3.21. The largest absolute Gasteiger partial charge is 4.00 e. The molecule has 1 unspecified atom stereocenters. The van der Waals surface area contributed by atoms with E-state index in [2.05, 4.69) is 19.9 Å². The Hall–Kier alpha value is 0.0743. The third-order valence-electron chi connectivity index (χ3n) is 3.21. The van der Waals surface area contributed by atoms with Crippen LogP contribution in [0.15, 0.2) is 16.7 Å². The first-order chi connectivity index (χ1) is 8.83. The zero-order valence-electron chi connectivity index (χ0n) is 12.8. The molecule has 2 rings (SSSR count). The Bertz CT molecular complexity index is 260. The van der Waals surface area contributed by atoms with Crippen molar-refractivity contribution in [2.75, 3.05) is 21.3 Å². The van der Waals surface area contributed by atoms with E-state index in [1.807, 2.05) is 0 Å². The molecule has 0 saturated heterocycles. The summed E-state index contributed by atoms with van der Waals surface area (Å²) < 4.78 is 0. The quantitative estimate of drug-likeness (QED) is 0.525. The summed E-state index contributed by atoms with van der Waals surface area (Å²) >= 11 is 0. The summed E-state index contributed by atoms with van der Waals surface area (Å²) in [7, 11) is 2.25. The first kappa shape index (κ1) is 24.1. The number of allylic oxidation sites excluding steroid dienone is 4. The molecule has 0 heterocycles. The zero-order chi connectivity index (χ0) is 14.6. The summed E-state index contributed by atoms with van der Waals surface area (Å²) in [6, 6.07) is 0. The molecule has 0 aliphatic heterocycles. The van der Waals surface area contributed by atoms with Crippen LogP contribution in [0.5, 0.6) is 0 Å². The van der Waals surface area contributed by atoms with Crippen LogP contribution in [-0.4, -0.2) is 21.3 Å². The average Bonchev–Trinajstić information content (AvgIpc) is 2.80. The molecule has 0 bridgehead atoms. The summed E-state index contributed by atoms with van der Waals surface area (Å²) in [5.74, 6) is 0.764. The van der Waals surface area contributed by atoms with Gasteiger partial charge < -0.3 is 15.3 Å². The molecule has 0 aromatic rings. The van der Waals surface area contributed by atoms with Crippen LogP contribution >= 0.6 is 0 Å². The molecule has 0 fully saturated rings. The second kappa shape index (κ2) is 16.1. The molecule has 108 valence electrons. The van der Waals surface area contributed by atoms with Gasteiger partial charge >= 0.3 is 21.7 Å². The van der Waals surface area contributed by atoms with Crippen molar-refractivity contribution in [2.24, 2.45) is 5.92 Å². The standard InChI is InChI=1S/C12H17.3CH3O.Ti/c1-3-11-9(2)8-10-6-4-5-7-12(10)11;3*1-2;/h11H,3-7H2,1-2H3;3*1H3;/q4*-1;+4. The van der Waals surface area contributed by atoms with E-state index in [1.54, 1.807) is 11.1 Å². The van der Waals surface area contributed by atoms with Gasteiger partial charge in [-0.3, -0.25) is 0 Å². The van der Waals surface area contributed by atoms with Crippen molar-refractivity contribution >= 4 is 0 Å². The van der Waals surface area contributed by atoms with Crippen LogP contribution < -0.4 is 15.3 Å². The summed E-state index contributed by atoms with van der Waals surface area (Å²) in [5.41, 5.74) is 4.77. The van der Waals surface area contributed by atoms with E-state index < -0.39 is 0 Å². The Morgan fingerprint density at radius 3 is 1.95 bits per heavy atom. The second-order valence-electron chi connectivity index (χ2n) is 3.98. The van der Waals surface area contributed by atoms with Crippen molar-refractivity contribution in [2.45, 2.75) is 46.0 Å². The molecule has 0 spiro atoms. The van der Waals surface area contributed by atoms with E-state index in [0.717, 1.165) is 27.2 Å². The predicted octanol–water partition coefficient (Wildman–Crippen LogP) is 0.573. The van der Waals surface area contributed by atoms with E-state index in [0.29, 0.717) is 0 Å². The normalized spacial score (nSPS) is 19.2. The molecule has 2 aliphatic carbocycles. The molecule has 2 aliphatic rings. The van der Waals surface area contributed by atoms with Gasteiger partial charge in [0.2, 0.25) is 0 Å². The molecule has 4 heteroatoms. The van der Waals surface area contributed by atoms with E-state index in [1.165, 1.54) is 37.7 Å². The molecule has 1 atom stereocenters. The maximum atomic E-state index is 8.25. The molecule has 3 nitrogen and oxygen atoms in total. The van der Waals surface area contributed by atoms with E-state index in [-0.39, 0.29) is 21.7 Å². The van der Waals surface area contributed by atoms with Crippen molar-refractivity contribution in [1.82, 2.24) is 0 Å². The monoisotopic (exact) mass is 302 g/mol. The smallest absolute Gasteiger partial charge is 0.857 e. The Balaban J connectivity index is -0.000000325. The van der Waals surface area contributed by atoms with Crippen LogP contribution in [0.2, 0.25) is 0 Å². The van der Waals surface area contributed by atoms with Gasteiger partial charge in [0.15, 0.2) is 0 Å². The first-order valence-corrected chi connectivity index (χ1v) is 6.37. The van der Waals surface area contributed by atoms with Gasteiger partial charge in [0.1, 0.15) is 0 Å². The molecule has 0 aromatic heterocycles. The fraction of sp³-hybridized carbons (Fsp3) is 0.733. The minimum Gasteiger partial charge on any atom is -0.857 e. The minimum atomic E-state index is 0. The minimum absolute atomic E-state index is 0. The summed E-state index contributed by atoms with van der Waals surface area (Å²) in [6.07, 6.45) is 10.3. The van der Waals surface area contributed by atoms with Crippen LogP contribution in [0.4, 0.5) is 0 Å². The van der Waals surface area contributed by atoms with Gasteiger partial charge in [-0.15, -0.1) is 0 Å². The summed E-state index contributed by atoms with van der Waals surface area (Å²) in [5, 5.41) is 24.8. The molecule has 19 heavy (non-hydrogen) atoms. The number of hydrogen-bond acceptors (Lipinski definition) is 3. The van der Waals surface area contributed by atoms with Gasteiger partial charge in [-0.2, -0.15) is 26.9 Å². The predicted molar refractivity (Wildman–Crippen MR) is 69.5 cm³/mol. The average molecular weight is 302 g/mol. The number of rotatable bonds is 1. The molecule has 0 saturated carbocycles. The van der Waals surface area contributed by atoms with Gasteiger partial charge in [0, 0.05) is 0 Å². The summed E-state index contributed by atoms with van der Waals surface area (Å²) in [4.78, 5) is 0. The zero-order valence-corrected chi connectivity index (χ0v) is 14.4. The van der Waals surface area contributed by atoms with Crippen molar-refractivity contribution in [3.63, 3.8) is 0 Å². The Morgan fingerprint density at radius 2 is 1.47 bits per heavy atom. The van der Waals surface area contributed by atoms with Gasteiger partial charge in [-0.25, -0.2) is 17.2 Å². The molecule has 0 amide bonds. The van der Waals surface area contributed by atoms with E-state index in [4.69, 9.17) is 15.3 Å². The van der Waals surface area contributed by atoms with Crippen LogP contribution in [-0.2, 0) is 21.7 Å². The van der Waals surface area contributed by atoms with E-state index >= 15 is 0 Å². The first-order valence-electron chi connectivity index (χ1n) is 6.37. The van der Waals surface area contributed by atoms with Gasteiger partial charge in [0.05, 0.1) is 0 Å². The SMILES string of the molecule is CCC1C(C)=[C-]C2=C1CCCC2.C[O-].C[O-].C[O-].[Ti+4]. The Morgan fingerprint density at radius 1 is 1.00 bits per heavy atom. The van der Waals surface area contributed by atoms with Crippen LogP contribution in [0.3, 0.4) is 0 Å². The van der Waals surface area contributed by atoms with E-state index in [9.17, 15) is 0 Å². The maximum absolute atomic E-state index is 8.25. The Labute approximate surface area is 133 Å². The molecule has 0 N–H and O–H groups in total. The third kappa shape index (κ3) is 7.43. The van der Waals surface area contributed by atoms with Gasteiger partial charge in [-0.05, 0) is 0 Å². The fourth-order valence-corrected chi connectivity index (χ4v) is 2.60. The Kier molecular flexibility index (Phi) is 20.5. The molecule has 0 radical (unpaired) electrons. The van der Waals surface area contributed by atoms with Crippen molar-refractivity contribution in [1.29, 1.82) is 0 Å². The second-order valence-corrected chi connectivity index (χ2v) is 3.98. The summed E-state index contributed by atoms with van der Waals surface area (Å²) in [6.45, 7) is 4.53. The fourth-order valence-electron chi connectivity index (χ4n) is 2.60. The molecule has 0 aromatic carbocycles. The maximum Gasteiger partial charge on any atom is 4.00 e. The van der Waals surface area contributed by atoms with Crippen LogP contribution in [0.25, 0.3) is 0 Å². The number of hydrogen-bond donors (Lipinski definition) is 0. The van der Waals surface area contributed by atoms with Crippen LogP contribution in [0, 0.1) is 12.0 Å². The van der Waals surface area contributed by atoms with Crippen molar-refractivity contribution in [3.8, 4) is 0 Å².